The van der Waals surface area contributed by atoms with Crippen LogP contribution in [0.15, 0.2) is 47.3 Å². The van der Waals surface area contributed by atoms with Gasteiger partial charge >= 0.3 is 6.03 Å². The highest BCUT2D eigenvalue weighted by molar-refractivity contribution is 5.91. The van der Waals surface area contributed by atoms with Crippen LogP contribution in [0, 0.1) is 13.8 Å². The summed E-state index contributed by atoms with van der Waals surface area (Å²) in [4.78, 5) is 31.1. The predicted molar refractivity (Wildman–Crippen MR) is 124 cm³/mol. The Morgan fingerprint density at radius 1 is 1.13 bits per heavy atom. The van der Waals surface area contributed by atoms with Gasteiger partial charge in [0.05, 0.1) is 24.9 Å². The number of ether oxygens (including phenoxy) is 1. The SMILES string of the molecule is COc1ccccc1NC(=O)N(Cc1cc2c(C)ccc(C)c2[nH]c1=O)C1CCCC1. The van der Waals surface area contributed by atoms with E-state index in [1.165, 1.54) is 0 Å². The number of nitrogens with one attached hydrogen (secondary N) is 2. The number of pyridine rings is 1. The first-order chi connectivity index (χ1) is 15.0. The van der Waals surface area contributed by atoms with Crippen molar-refractivity contribution in [2.75, 3.05) is 12.4 Å². The summed E-state index contributed by atoms with van der Waals surface area (Å²) in [5, 5.41) is 4.01. The van der Waals surface area contributed by atoms with E-state index in [0.29, 0.717) is 17.0 Å². The Kier molecular flexibility index (Phi) is 5.98. The van der Waals surface area contributed by atoms with Crippen LogP contribution in [0.5, 0.6) is 5.75 Å². The normalized spacial score (nSPS) is 14.0. The quantitative estimate of drug-likeness (QED) is 0.602. The Balaban J connectivity index is 1.67. The van der Waals surface area contributed by atoms with Gasteiger partial charge in [0, 0.05) is 17.0 Å². The molecule has 0 spiro atoms. The van der Waals surface area contributed by atoms with Gasteiger partial charge in [0.15, 0.2) is 0 Å². The molecular weight excluding hydrogens is 390 g/mol. The van der Waals surface area contributed by atoms with E-state index in [4.69, 9.17) is 4.74 Å². The largest absolute Gasteiger partial charge is 0.495 e. The van der Waals surface area contributed by atoms with E-state index in [1.807, 2.05) is 50.2 Å². The van der Waals surface area contributed by atoms with Gasteiger partial charge < -0.3 is 19.9 Å². The zero-order valence-corrected chi connectivity index (χ0v) is 18.3. The van der Waals surface area contributed by atoms with Crippen LogP contribution in [0.4, 0.5) is 10.5 Å². The minimum atomic E-state index is -0.211. The maximum absolute atomic E-state index is 13.3. The molecule has 1 fully saturated rings. The number of fused-ring (bicyclic) bond motifs is 1. The second kappa shape index (κ2) is 8.84. The molecule has 1 aromatic heterocycles. The third-order valence-electron chi connectivity index (χ3n) is 6.24. The van der Waals surface area contributed by atoms with E-state index in [9.17, 15) is 9.59 Å². The van der Waals surface area contributed by atoms with E-state index >= 15 is 0 Å². The first kappa shape index (κ1) is 21.0. The average molecular weight is 420 g/mol. The Morgan fingerprint density at radius 3 is 2.58 bits per heavy atom. The predicted octanol–water partition coefficient (Wildman–Crippen LogP) is 5.13. The van der Waals surface area contributed by atoms with Gasteiger partial charge in [-0.2, -0.15) is 0 Å². The van der Waals surface area contributed by atoms with Crippen LogP contribution >= 0.6 is 0 Å². The number of hydrogen-bond donors (Lipinski definition) is 2. The van der Waals surface area contributed by atoms with E-state index in [2.05, 4.69) is 16.4 Å². The monoisotopic (exact) mass is 419 g/mol. The summed E-state index contributed by atoms with van der Waals surface area (Å²) in [6.07, 6.45) is 4.08. The van der Waals surface area contributed by atoms with Crippen molar-refractivity contribution in [2.45, 2.75) is 52.1 Å². The molecule has 1 heterocycles. The molecule has 1 aliphatic carbocycles. The lowest BCUT2D eigenvalue weighted by Gasteiger charge is -2.29. The number of para-hydroxylation sites is 2. The van der Waals surface area contributed by atoms with Gasteiger partial charge in [-0.25, -0.2) is 4.79 Å². The molecule has 1 saturated carbocycles. The highest BCUT2D eigenvalue weighted by atomic mass is 16.5. The molecular formula is C25H29N3O3. The molecule has 0 radical (unpaired) electrons. The minimum absolute atomic E-state index is 0.114. The van der Waals surface area contributed by atoms with Crippen molar-refractivity contribution in [3.05, 3.63) is 69.5 Å². The Labute approximate surface area is 182 Å². The summed E-state index contributed by atoms with van der Waals surface area (Å²) in [6.45, 7) is 4.29. The van der Waals surface area contributed by atoms with Crippen molar-refractivity contribution in [1.29, 1.82) is 0 Å². The van der Waals surface area contributed by atoms with E-state index in [0.717, 1.165) is 47.7 Å². The number of urea groups is 1. The van der Waals surface area contributed by atoms with Gasteiger partial charge in [0.1, 0.15) is 5.75 Å². The summed E-state index contributed by atoms with van der Waals surface area (Å²) in [5.41, 5.74) is 4.07. The Morgan fingerprint density at radius 2 is 1.84 bits per heavy atom. The number of hydrogen-bond acceptors (Lipinski definition) is 3. The summed E-state index contributed by atoms with van der Waals surface area (Å²) in [7, 11) is 1.58. The van der Waals surface area contributed by atoms with Crippen LogP contribution in [0.2, 0.25) is 0 Å². The van der Waals surface area contributed by atoms with Gasteiger partial charge in [-0.3, -0.25) is 4.79 Å². The standard InChI is InChI=1S/C25H29N3O3/c1-16-12-13-17(2)23-20(16)14-18(24(29)27-23)15-28(19-8-4-5-9-19)25(30)26-21-10-6-7-11-22(21)31-3/h6-7,10-14,19H,4-5,8-9,15H2,1-3H3,(H,26,30)(H,27,29). The van der Waals surface area contributed by atoms with Crippen molar-refractivity contribution >= 4 is 22.6 Å². The number of rotatable bonds is 5. The average Bonchev–Trinajstić information content (AvgIpc) is 3.30. The van der Waals surface area contributed by atoms with Crippen LogP contribution < -0.4 is 15.6 Å². The molecule has 6 nitrogen and oxygen atoms in total. The molecule has 162 valence electrons. The molecule has 2 N–H and O–H groups in total. The number of benzene rings is 2. The third-order valence-corrected chi connectivity index (χ3v) is 6.24. The molecule has 2 amide bonds. The summed E-state index contributed by atoms with van der Waals surface area (Å²) in [5.74, 6) is 0.608. The molecule has 1 aliphatic rings. The van der Waals surface area contributed by atoms with Crippen LogP contribution in [-0.2, 0) is 6.54 Å². The number of carbonyl (C=O) groups excluding carboxylic acids is 1. The second-order valence-electron chi connectivity index (χ2n) is 8.31. The smallest absolute Gasteiger partial charge is 0.322 e. The topological polar surface area (TPSA) is 74.4 Å². The summed E-state index contributed by atoms with van der Waals surface area (Å²) < 4.78 is 5.37. The van der Waals surface area contributed by atoms with Gasteiger partial charge in [-0.15, -0.1) is 0 Å². The fraction of sp³-hybridized carbons (Fsp3) is 0.360. The zero-order chi connectivity index (χ0) is 22.0. The number of H-pyrrole nitrogens is 1. The number of aromatic nitrogens is 1. The minimum Gasteiger partial charge on any atom is -0.495 e. The van der Waals surface area contributed by atoms with Gasteiger partial charge in [0.2, 0.25) is 0 Å². The van der Waals surface area contributed by atoms with Crippen molar-refractivity contribution in [3.63, 3.8) is 0 Å². The molecule has 3 aromatic rings. The number of methoxy groups -OCH3 is 1. The fourth-order valence-corrected chi connectivity index (χ4v) is 4.44. The molecule has 0 aliphatic heterocycles. The highest BCUT2D eigenvalue weighted by Crippen LogP contribution is 2.28. The van der Waals surface area contributed by atoms with Crippen LogP contribution in [0.25, 0.3) is 10.9 Å². The Bertz CT molecular complexity index is 1160. The Hall–Kier alpha value is -3.28. The second-order valence-corrected chi connectivity index (χ2v) is 8.31. The molecule has 31 heavy (non-hydrogen) atoms. The van der Waals surface area contributed by atoms with Crippen molar-refractivity contribution in [2.24, 2.45) is 0 Å². The van der Waals surface area contributed by atoms with Crippen LogP contribution in [0.1, 0.15) is 42.4 Å². The summed E-state index contributed by atoms with van der Waals surface area (Å²) in [6, 6.07) is 13.3. The van der Waals surface area contributed by atoms with Crippen molar-refractivity contribution in [3.8, 4) is 5.75 Å². The molecule has 0 bridgehead atoms. The van der Waals surface area contributed by atoms with E-state index < -0.39 is 0 Å². The molecule has 0 unspecified atom stereocenters. The van der Waals surface area contributed by atoms with Gasteiger partial charge in [0.25, 0.3) is 5.56 Å². The lowest BCUT2D eigenvalue weighted by atomic mass is 10.0. The number of carbonyl (C=O) groups is 1. The maximum Gasteiger partial charge on any atom is 0.322 e. The lowest BCUT2D eigenvalue weighted by Crippen LogP contribution is -2.42. The molecule has 4 rings (SSSR count). The first-order valence-electron chi connectivity index (χ1n) is 10.8. The molecule has 2 aromatic carbocycles. The van der Waals surface area contributed by atoms with Gasteiger partial charge in [-0.1, -0.05) is 37.1 Å². The van der Waals surface area contributed by atoms with E-state index in [-0.39, 0.29) is 24.2 Å². The van der Waals surface area contributed by atoms with Gasteiger partial charge in [-0.05, 0) is 56.0 Å². The lowest BCUT2D eigenvalue weighted by molar-refractivity contribution is 0.184. The van der Waals surface area contributed by atoms with Crippen LogP contribution in [0.3, 0.4) is 0 Å². The number of anilines is 1. The number of amides is 2. The fourth-order valence-electron chi connectivity index (χ4n) is 4.44. The highest BCUT2D eigenvalue weighted by Gasteiger charge is 2.28. The van der Waals surface area contributed by atoms with Crippen molar-refractivity contribution in [1.82, 2.24) is 9.88 Å². The molecule has 0 atom stereocenters. The third kappa shape index (κ3) is 4.29. The molecule has 6 heteroatoms. The number of aromatic amines is 1. The number of nitrogens with zero attached hydrogens (tertiary/aromatic N) is 1. The maximum atomic E-state index is 13.3. The zero-order valence-electron chi connectivity index (χ0n) is 18.3. The molecule has 0 saturated heterocycles. The van der Waals surface area contributed by atoms with Crippen molar-refractivity contribution < 1.29 is 9.53 Å². The summed E-state index contributed by atoms with van der Waals surface area (Å²) >= 11 is 0. The van der Waals surface area contributed by atoms with Crippen LogP contribution in [-0.4, -0.2) is 29.1 Å². The first-order valence-corrected chi connectivity index (χ1v) is 10.8. The van der Waals surface area contributed by atoms with E-state index in [1.54, 1.807) is 12.0 Å². The number of aryl methyl sites for hydroxylation is 2.